The van der Waals surface area contributed by atoms with Crippen LogP contribution in [0.25, 0.3) is 0 Å². The molecule has 2 heterocycles. The number of imide groups is 1. The second-order valence-corrected chi connectivity index (χ2v) is 5.09. The van der Waals surface area contributed by atoms with Crippen LogP contribution < -0.4 is 5.32 Å². The summed E-state index contributed by atoms with van der Waals surface area (Å²) in [5.74, 6) is 0.468. The second kappa shape index (κ2) is 6.09. The first kappa shape index (κ1) is 14.6. The zero-order valence-electron chi connectivity index (χ0n) is 12.1. The standard InChI is InChI=1S/C14H20N4O2/c1-4-9(2)18-13(19)7-12(14(18)20)16-8-11-5-6-15-10(3)17-11/h5-6,9,12,16H,4,7-8H2,1-3H3. The molecule has 1 fully saturated rings. The fourth-order valence-corrected chi connectivity index (χ4v) is 2.29. The molecule has 2 unspecified atom stereocenters. The van der Waals surface area contributed by atoms with Crippen molar-refractivity contribution in [2.75, 3.05) is 0 Å². The number of carbonyl (C=O) groups is 2. The molecule has 0 saturated carbocycles. The summed E-state index contributed by atoms with van der Waals surface area (Å²) in [4.78, 5) is 33.8. The van der Waals surface area contributed by atoms with Crippen molar-refractivity contribution in [3.63, 3.8) is 0 Å². The van der Waals surface area contributed by atoms with Crippen molar-refractivity contribution in [3.05, 3.63) is 23.8 Å². The van der Waals surface area contributed by atoms with E-state index in [1.54, 1.807) is 12.3 Å². The van der Waals surface area contributed by atoms with Gasteiger partial charge in [0.15, 0.2) is 0 Å². The van der Waals surface area contributed by atoms with Gasteiger partial charge in [-0.1, -0.05) is 6.92 Å². The van der Waals surface area contributed by atoms with Crippen LogP contribution in [-0.4, -0.2) is 38.8 Å². The fraction of sp³-hybridized carbons (Fsp3) is 0.571. The zero-order chi connectivity index (χ0) is 14.7. The van der Waals surface area contributed by atoms with Crippen LogP contribution in [0.5, 0.6) is 0 Å². The Morgan fingerprint density at radius 2 is 2.25 bits per heavy atom. The number of amides is 2. The van der Waals surface area contributed by atoms with Crippen molar-refractivity contribution in [1.29, 1.82) is 0 Å². The van der Waals surface area contributed by atoms with Crippen LogP contribution >= 0.6 is 0 Å². The Morgan fingerprint density at radius 3 is 2.90 bits per heavy atom. The van der Waals surface area contributed by atoms with Gasteiger partial charge in [-0.3, -0.25) is 19.8 Å². The third-order valence-electron chi connectivity index (χ3n) is 3.58. The normalized spacial score (nSPS) is 20.6. The molecule has 0 bridgehead atoms. The Hall–Kier alpha value is -1.82. The summed E-state index contributed by atoms with van der Waals surface area (Å²) in [6.07, 6.45) is 2.69. The summed E-state index contributed by atoms with van der Waals surface area (Å²) in [5, 5.41) is 3.11. The van der Waals surface area contributed by atoms with Crippen molar-refractivity contribution < 1.29 is 9.59 Å². The van der Waals surface area contributed by atoms with E-state index in [-0.39, 0.29) is 24.3 Å². The van der Waals surface area contributed by atoms with Gasteiger partial charge in [-0.15, -0.1) is 0 Å². The van der Waals surface area contributed by atoms with Gasteiger partial charge < -0.3 is 0 Å². The third-order valence-corrected chi connectivity index (χ3v) is 3.58. The first-order valence-electron chi connectivity index (χ1n) is 6.90. The number of aryl methyl sites for hydroxylation is 1. The predicted octanol–water partition coefficient (Wildman–Crippen LogP) is 0.801. The fourth-order valence-electron chi connectivity index (χ4n) is 2.29. The van der Waals surface area contributed by atoms with Gasteiger partial charge in [0.1, 0.15) is 5.82 Å². The summed E-state index contributed by atoms with van der Waals surface area (Å²) in [5.41, 5.74) is 0.819. The van der Waals surface area contributed by atoms with Crippen molar-refractivity contribution in [3.8, 4) is 0 Å². The van der Waals surface area contributed by atoms with E-state index in [1.165, 1.54) is 4.90 Å². The Morgan fingerprint density at radius 1 is 1.50 bits per heavy atom. The van der Waals surface area contributed by atoms with Crippen molar-refractivity contribution in [1.82, 2.24) is 20.2 Å². The van der Waals surface area contributed by atoms with Crippen LogP contribution in [-0.2, 0) is 16.1 Å². The molecule has 1 aromatic heterocycles. The molecule has 6 heteroatoms. The van der Waals surface area contributed by atoms with Crippen LogP contribution in [0.2, 0.25) is 0 Å². The van der Waals surface area contributed by atoms with E-state index in [0.717, 1.165) is 12.1 Å². The lowest BCUT2D eigenvalue weighted by Crippen LogP contribution is -2.42. The molecule has 0 spiro atoms. The van der Waals surface area contributed by atoms with Crippen molar-refractivity contribution in [2.45, 2.75) is 52.2 Å². The molecule has 1 N–H and O–H groups in total. The Kier molecular flexibility index (Phi) is 4.44. The maximum atomic E-state index is 12.2. The molecule has 1 aliphatic heterocycles. The SMILES string of the molecule is CCC(C)N1C(=O)CC(NCc2ccnc(C)n2)C1=O. The molecule has 20 heavy (non-hydrogen) atoms. The Bertz CT molecular complexity index is 518. The maximum absolute atomic E-state index is 12.2. The highest BCUT2D eigenvalue weighted by Gasteiger charge is 2.40. The van der Waals surface area contributed by atoms with Gasteiger partial charge in [-0.2, -0.15) is 0 Å². The summed E-state index contributed by atoms with van der Waals surface area (Å²) in [6.45, 7) is 6.14. The number of hydrogen-bond donors (Lipinski definition) is 1. The molecule has 0 radical (unpaired) electrons. The van der Waals surface area contributed by atoms with Crippen LogP contribution in [0, 0.1) is 6.92 Å². The van der Waals surface area contributed by atoms with Gasteiger partial charge in [0.05, 0.1) is 18.2 Å². The number of likely N-dealkylation sites (tertiary alicyclic amines) is 1. The number of rotatable bonds is 5. The highest BCUT2D eigenvalue weighted by atomic mass is 16.2. The zero-order valence-corrected chi connectivity index (χ0v) is 12.1. The molecule has 0 aromatic carbocycles. The van der Waals surface area contributed by atoms with Crippen LogP contribution in [0.1, 0.15) is 38.2 Å². The van der Waals surface area contributed by atoms with Crippen molar-refractivity contribution >= 4 is 11.8 Å². The molecule has 0 aliphatic carbocycles. The van der Waals surface area contributed by atoms with Crippen molar-refractivity contribution in [2.24, 2.45) is 0 Å². The molecular formula is C14H20N4O2. The maximum Gasteiger partial charge on any atom is 0.247 e. The summed E-state index contributed by atoms with van der Waals surface area (Å²) >= 11 is 0. The monoisotopic (exact) mass is 276 g/mol. The van der Waals surface area contributed by atoms with Gasteiger partial charge in [0.2, 0.25) is 11.8 Å². The molecule has 6 nitrogen and oxygen atoms in total. The Labute approximate surface area is 118 Å². The molecule has 1 aliphatic rings. The summed E-state index contributed by atoms with van der Waals surface area (Å²) < 4.78 is 0. The van der Waals surface area contributed by atoms with Crippen LogP contribution in [0.4, 0.5) is 0 Å². The van der Waals surface area contributed by atoms with Gasteiger partial charge >= 0.3 is 0 Å². The minimum atomic E-state index is -0.438. The van der Waals surface area contributed by atoms with E-state index < -0.39 is 6.04 Å². The van der Waals surface area contributed by atoms with E-state index in [1.807, 2.05) is 20.8 Å². The number of nitrogens with one attached hydrogen (secondary N) is 1. The van der Waals surface area contributed by atoms with E-state index in [2.05, 4.69) is 15.3 Å². The lowest BCUT2D eigenvalue weighted by molar-refractivity contribution is -0.141. The number of hydrogen-bond acceptors (Lipinski definition) is 5. The predicted molar refractivity (Wildman–Crippen MR) is 73.6 cm³/mol. The second-order valence-electron chi connectivity index (χ2n) is 5.09. The number of nitrogens with zero attached hydrogens (tertiary/aromatic N) is 3. The minimum absolute atomic E-state index is 0.0388. The van der Waals surface area contributed by atoms with Gasteiger partial charge in [0, 0.05) is 18.8 Å². The van der Waals surface area contributed by atoms with E-state index in [0.29, 0.717) is 12.4 Å². The molecule has 108 valence electrons. The quantitative estimate of drug-likeness (QED) is 0.805. The molecule has 2 amide bonds. The van der Waals surface area contributed by atoms with E-state index >= 15 is 0 Å². The van der Waals surface area contributed by atoms with Crippen LogP contribution in [0.3, 0.4) is 0 Å². The highest BCUT2D eigenvalue weighted by molar-refractivity contribution is 6.05. The lowest BCUT2D eigenvalue weighted by atomic mass is 10.2. The van der Waals surface area contributed by atoms with Gasteiger partial charge in [-0.25, -0.2) is 9.97 Å². The average Bonchev–Trinajstić information content (AvgIpc) is 2.70. The van der Waals surface area contributed by atoms with E-state index in [9.17, 15) is 9.59 Å². The first-order valence-corrected chi connectivity index (χ1v) is 6.90. The topological polar surface area (TPSA) is 75.2 Å². The van der Waals surface area contributed by atoms with Crippen LogP contribution in [0.15, 0.2) is 12.3 Å². The minimum Gasteiger partial charge on any atom is -0.300 e. The first-order chi connectivity index (χ1) is 9.52. The van der Waals surface area contributed by atoms with Gasteiger partial charge in [0.25, 0.3) is 0 Å². The Balaban J connectivity index is 1.98. The molecule has 1 aromatic rings. The van der Waals surface area contributed by atoms with E-state index in [4.69, 9.17) is 0 Å². The smallest absolute Gasteiger partial charge is 0.247 e. The largest absolute Gasteiger partial charge is 0.300 e. The lowest BCUT2D eigenvalue weighted by Gasteiger charge is -2.21. The summed E-state index contributed by atoms with van der Waals surface area (Å²) in [7, 11) is 0. The average molecular weight is 276 g/mol. The third kappa shape index (κ3) is 3.01. The highest BCUT2D eigenvalue weighted by Crippen LogP contribution is 2.18. The number of carbonyl (C=O) groups excluding carboxylic acids is 2. The molecule has 2 rings (SSSR count). The van der Waals surface area contributed by atoms with Gasteiger partial charge in [-0.05, 0) is 26.3 Å². The molecular weight excluding hydrogens is 256 g/mol. The molecule has 1 saturated heterocycles. The molecule has 2 atom stereocenters. The number of aromatic nitrogens is 2. The summed E-state index contributed by atoms with van der Waals surface area (Å²) in [6, 6.07) is 1.32.